The Morgan fingerprint density at radius 3 is 2.70 bits per heavy atom. The summed E-state index contributed by atoms with van der Waals surface area (Å²) in [6.45, 7) is 0. The molecule has 5 aromatic rings. The fourth-order valence-corrected chi connectivity index (χ4v) is 4.35. The van der Waals surface area contributed by atoms with E-state index in [0.717, 1.165) is 33.2 Å². The highest BCUT2D eigenvalue weighted by Crippen LogP contribution is 2.34. The van der Waals surface area contributed by atoms with Crippen molar-refractivity contribution < 1.29 is 0 Å². The minimum atomic E-state index is 0.299. The quantitative estimate of drug-likeness (QED) is 0.433. The predicted octanol–water partition coefficient (Wildman–Crippen LogP) is 5.34. The number of hydrogen-bond acceptors (Lipinski definition) is 4. The van der Waals surface area contributed by atoms with Crippen molar-refractivity contribution in [3.05, 3.63) is 78.1 Å². The van der Waals surface area contributed by atoms with Gasteiger partial charge in [0.15, 0.2) is 4.96 Å². The summed E-state index contributed by atoms with van der Waals surface area (Å²) >= 11 is 1.58. The van der Waals surface area contributed by atoms with Gasteiger partial charge in [-0.25, -0.2) is 4.98 Å². The molecule has 0 aliphatic carbocycles. The molecule has 2 aromatic carbocycles. The van der Waals surface area contributed by atoms with Crippen LogP contribution in [0, 0.1) is 11.3 Å². The molecule has 0 saturated heterocycles. The van der Waals surface area contributed by atoms with Gasteiger partial charge in [0.05, 0.1) is 29.6 Å². The van der Waals surface area contributed by atoms with E-state index in [9.17, 15) is 5.26 Å². The van der Waals surface area contributed by atoms with Gasteiger partial charge in [-0.3, -0.25) is 9.38 Å². The summed E-state index contributed by atoms with van der Waals surface area (Å²) in [7, 11) is 0. The summed E-state index contributed by atoms with van der Waals surface area (Å²) in [6, 6.07) is 20.9. The molecule has 4 nitrogen and oxygen atoms in total. The van der Waals surface area contributed by atoms with Gasteiger partial charge in [0.2, 0.25) is 0 Å². The zero-order valence-corrected chi connectivity index (χ0v) is 15.1. The molecule has 0 amide bonds. The first kappa shape index (κ1) is 15.7. The number of thiazole rings is 1. The van der Waals surface area contributed by atoms with Crippen molar-refractivity contribution in [1.29, 1.82) is 5.26 Å². The van der Waals surface area contributed by atoms with Crippen LogP contribution in [-0.4, -0.2) is 14.4 Å². The van der Waals surface area contributed by atoms with Crippen LogP contribution in [0.5, 0.6) is 0 Å². The largest absolute Gasteiger partial charge is 0.285 e. The zero-order chi connectivity index (χ0) is 18.2. The maximum absolute atomic E-state index is 9.44. The minimum Gasteiger partial charge on any atom is -0.285 e. The van der Waals surface area contributed by atoms with Crippen LogP contribution in [0.3, 0.4) is 0 Å². The molecule has 5 rings (SSSR count). The van der Waals surface area contributed by atoms with Crippen molar-refractivity contribution in [3.8, 4) is 28.6 Å². The fraction of sp³-hybridized carbons (Fsp3) is 0.0455. The molecule has 27 heavy (non-hydrogen) atoms. The van der Waals surface area contributed by atoms with Crippen LogP contribution < -0.4 is 0 Å². The van der Waals surface area contributed by atoms with Crippen LogP contribution in [0.25, 0.3) is 38.2 Å². The number of fused-ring (bicyclic) bond motifs is 2. The maximum Gasteiger partial charge on any atom is 0.194 e. The summed E-state index contributed by atoms with van der Waals surface area (Å²) in [5, 5.41) is 13.9. The van der Waals surface area contributed by atoms with Crippen LogP contribution in [0.2, 0.25) is 0 Å². The highest BCUT2D eigenvalue weighted by atomic mass is 32.1. The Hall–Kier alpha value is -3.49. The Balaban J connectivity index is 1.76. The molecule has 0 fully saturated rings. The van der Waals surface area contributed by atoms with E-state index < -0.39 is 0 Å². The highest BCUT2D eigenvalue weighted by molar-refractivity contribution is 7.15. The van der Waals surface area contributed by atoms with Gasteiger partial charge >= 0.3 is 0 Å². The summed E-state index contributed by atoms with van der Waals surface area (Å²) in [4.78, 5) is 9.98. The van der Waals surface area contributed by atoms with E-state index in [-0.39, 0.29) is 0 Å². The van der Waals surface area contributed by atoms with Gasteiger partial charge in [-0.15, -0.1) is 11.3 Å². The molecule has 0 aliphatic rings. The van der Waals surface area contributed by atoms with Crippen LogP contribution in [0.15, 0.2) is 72.4 Å². The van der Waals surface area contributed by atoms with Crippen molar-refractivity contribution in [1.82, 2.24) is 14.4 Å². The first-order valence-electron chi connectivity index (χ1n) is 8.60. The van der Waals surface area contributed by atoms with Crippen molar-refractivity contribution in [2.45, 2.75) is 6.42 Å². The standard InChI is InChI=1S/C22H14N4S/c23-10-9-19-21(17-8-7-15-4-1-2-5-16(15)12-17)25-22-26(19)20(14-27-22)18-6-3-11-24-13-18/h1-8,11-14H,9H2. The van der Waals surface area contributed by atoms with E-state index in [2.05, 4.69) is 51.2 Å². The third-order valence-electron chi connectivity index (χ3n) is 4.69. The van der Waals surface area contributed by atoms with E-state index >= 15 is 0 Å². The first-order chi connectivity index (χ1) is 13.3. The van der Waals surface area contributed by atoms with E-state index in [1.807, 2.05) is 30.5 Å². The maximum atomic E-state index is 9.44. The lowest BCUT2D eigenvalue weighted by Crippen LogP contribution is -1.95. The van der Waals surface area contributed by atoms with Gasteiger partial charge in [0, 0.05) is 28.9 Å². The lowest BCUT2D eigenvalue weighted by atomic mass is 10.0. The Morgan fingerprint density at radius 2 is 1.89 bits per heavy atom. The lowest BCUT2D eigenvalue weighted by molar-refractivity contribution is 1.08. The highest BCUT2D eigenvalue weighted by Gasteiger charge is 2.19. The lowest BCUT2D eigenvalue weighted by Gasteiger charge is -2.06. The monoisotopic (exact) mass is 366 g/mol. The number of rotatable bonds is 3. The minimum absolute atomic E-state index is 0.299. The Morgan fingerprint density at radius 1 is 1.00 bits per heavy atom. The molecule has 5 heteroatoms. The second-order valence-electron chi connectivity index (χ2n) is 6.28. The summed E-state index contributed by atoms with van der Waals surface area (Å²) in [5.74, 6) is 0. The molecule has 0 saturated carbocycles. The van der Waals surface area contributed by atoms with Crippen LogP contribution in [-0.2, 0) is 6.42 Å². The molecular weight excluding hydrogens is 352 g/mol. The van der Waals surface area contributed by atoms with E-state index in [4.69, 9.17) is 4.98 Å². The van der Waals surface area contributed by atoms with Gasteiger partial charge in [-0.2, -0.15) is 5.26 Å². The van der Waals surface area contributed by atoms with Gasteiger partial charge in [0.1, 0.15) is 0 Å². The second-order valence-corrected chi connectivity index (χ2v) is 7.12. The smallest absolute Gasteiger partial charge is 0.194 e. The number of hydrogen-bond donors (Lipinski definition) is 0. The normalized spacial score (nSPS) is 11.1. The van der Waals surface area contributed by atoms with Crippen LogP contribution in [0.4, 0.5) is 0 Å². The number of nitriles is 1. The van der Waals surface area contributed by atoms with Gasteiger partial charge in [-0.05, 0) is 29.0 Å². The van der Waals surface area contributed by atoms with Gasteiger partial charge in [0.25, 0.3) is 0 Å². The number of benzene rings is 2. The molecule has 3 aromatic heterocycles. The first-order valence-corrected chi connectivity index (χ1v) is 9.48. The Kier molecular flexibility index (Phi) is 3.70. The topological polar surface area (TPSA) is 54.0 Å². The summed E-state index contributed by atoms with van der Waals surface area (Å²) in [5.41, 5.74) is 4.87. The molecule has 128 valence electrons. The number of pyridine rings is 1. The van der Waals surface area contributed by atoms with Gasteiger partial charge < -0.3 is 0 Å². The Bertz CT molecular complexity index is 1310. The van der Waals surface area contributed by atoms with E-state index in [1.165, 1.54) is 10.8 Å². The van der Waals surface area contributed by atoms with Crippen LogP contribution in [0.1, 0.15) is 5.69 Å². The SMILES string of the molecule is N#CCc1c(-c2ccc3ccccc3c2)nc2scc(-c3cccnc3)n12. The molecule has 0 bridgehead atoms. The molecule has 0 radical (unpaired) electrons. The van der Waals surface area contributed by atoms with Crippen molar-refractivity contribution >= 4 is 27.1 Å². The average Bonchev–Trinajstić information content (AvgIpc) is 3.29. The number of aromatic nitrogens is 3. The van der Waals surface area contributed by atoms with E-state index in [1.54, 1.807) is 17.5 Å². The molecule has 0 atom stereocenters. The molecule has 0 unspecified atom stereocenters. The van der Waals surface area contributed by atoms with Crippen molar-refractivity contribution in [3.63, 3.8) is 0 Å². The molecule has 0 N–H and O–H groups in total. The van der Waals surface area contributed by atoms with Crippen molar-refractivity contribution in [2.75, 3.05) is 0 Å². The Labute approximate surface area is 160 Å². The molecule has 0 spiro atoms. The van der Waals surface area contributed by atoms with Crippen molar-refractivity contribution in [2.24, 2.45) is 0 Å². The third kappa shape index (κ3) is 2.59. The fourth-order valence-electron chi connectivity index (χ4n) is 3.44. The molecule has 3 heterocycles. The number of imidazole rings is 1. The number of nitrogens with zero attached hydrogens (tertiary/aromatic N) is 4. The average molecular weight is 366 g/mol. The summed E-state index contributed by atoms with van der Waals surface area (Å²) in [6.07, 6.45) is 3.90. The van der Waals surface area contributed by atoms with Gasteiger partial charge in [-0.1, -0.05) is 36.4 Å². The molecular formula is C22H14N4S. The summed E-state index contributed by atoms with van der Waals surface area (Å²) < 4.78 is 2.09. The molecule has 0 aliphatic heterocycles. The zero-order valence-electron chi connectivity index (χ0n) is 14.3. The van der Waals surface area contributed by atoms with Crippen LogP contribution >= 0.6 is 11.3 Å². The predicted molar refractivity (Wildman–Crippen MR) is 109 cm³/mol. The van der Waals surface area contributed by atoms with E-state index in [0.29, 0.717) is 6.42 Å². The second kappa shape index (κ2) is 6.35. The third-order valence-corrected chi connectivity index (χ3v) is 5.51.